The van der Waals surface area contributed by atoms with E-state index in [4.69, 9.17) is 9.47 Å². The van der Waals surface area contributed by atoms with Crippen molar-refractivity contribution in [2.45, 2.75) is 25.4 Å². The first-order valence-corrected chi connectivity index (χ1v) is 7.72. The van der Waals surface area contributed by atoms with Crippen molar-refractivity contribution in [3.8, 4) is 5.75 Å². The lowest BCUT2D eigenvalue weighted by molar-refractivity contribution is -0.134. The molecule has 0 radical (unpaired) electrons. The Morgan fingerprint density at radius 1 is 1.32 bits per heavy atom. The molecule has 1 unspecified atom stereocenters. The lowest BCUT2D eigenvalue weighted by atomic mass is 9.68. The second kappa shape index (κ2) is 4.10. The molecule has 1 saturated heterocycles. The van der Waals surface area contributed by atoms with Crippen molar-refractivity contribution in [3.05, 3.63) is 34.8 Å². The predicted octanol–water partition coefficient (Wildman–Crippen LogP) is 4.04. The number of halogens is 1. The second-order valence-electron chi connectivity index (χ2n) is 6.05. The highest BCUT2D eigenvalue weighted by Gasteiger charge is 2.53. The van der Waals surface area contributed by atoms with Gasteiger partial charge in [0.25, 0.3) is 0 Å². The van der Waals surface area contributed by atoms with E-state index in [1.54, 1.807) is 0 Å². The van der Waals surface area contributed by atoms with Crippen LogP contribution in [0, 0.1) is 11.3 Å². The van der Waals surface area contributed by atoms with E-state index in [1.165, 1.54) is 18.4 Å². The van der Waals surface area contributed by atoms with Crippen LogP contribution in [0.5, 0.6) is 5.75 Å². The summed E-state index contributed by atoms with van der Waals surface area (Å²) in [5.41, 5.74) is 2.37. The summed E-state index contributed by atoms with van der Waals surface area (Å²) < 4.78 is 12.9. The molecule has 100 valence electrons. The average Bonchev–Trinajstić information content (AvgIpc) is 3.12. The van der Waals surface area contributed by atoms with Gasteiger partial charge in [-0.15, -0.1) is 0 Å². The zero-order valence-corrected chi connectivity index (χ0v) is 12.4. The highest BCUT2D eigenvalue weighted by atomic mass is 79.9. The van der Waals surface area contributed by atoms with Gasteiger partial charge in [-0.25, -0.2) is 0 Å². The molecule has 0 amide bonds. The third-order valence-corrected chi connectivity index (χ3v) is 5.21. The van der Waals surface area contributed by atoms with Gasteiger partial charge in [0.05, 0.1) is 18.6 Å². The minimum Gasteiger partial charge on any atom is -0.489 e. The smallest absolute Gasteiger partial charge is 0.127 e. The Morgan fingerprint density at radius 2 is 2.11 bits per heavy atom. The fourth-order valence-electron chi connectivity index (χ4n) is 3.18. The third kappa shape index (κ3) is 1.78. The van der Waals surface area contributed by atoms with Gasteiger partial charge in [0.2, 0.25) is 0 Å². The molecule has 1 saturated carbocycles. The number of benzene rings is 1. The van der Waals surface area contributed by atoms with E-state index in [0.717, 1.165) is 41.3 Å². The first-order valence-electron chi connectivity index (χ1n) is 6.93. The standard InChI is InChI=1S/C16H17BrO2/c1-10-13-7-12(17)4-5-14(13)19-15(6-11-2-3-11)16(10)8-18-9-16/h4-5,7,11,15H,1-3,6,8-9H2. The van der Waals surface area contributed by atoms with Gasteiger partial charge in [-0.3, -0.25) is 0 Å². The molecule has 1 aliphatic carbocycles. The SMILES string of the molecule is C=C1c2cc(Br)ccc2OC(CC2CC2)C12COC2. The molecule has 2 heterocycles. The number of fused-ring (bicyclic) bond motifs is 1. The summed E-state index contributed by atoms with van der Waals surface area (Å²) in [6.07, 6.45) is 4.11. The molecule has 3 aliphatic rings. The van der Waals surface area contributed by atoms with Crippen LogP contribution in [0.4, 0.5) is 0 Å². The molecular formula is C16H17BrO2. The number of ether oxygens (including phenoxy) is 2. The monoisotopic (exact) mass is 320 g/mol. The Labute approximate surface area is 121 Å². The first-order chi connectivity index (χ1) is 9.19. The Morgan fingerprint density at radius 3 is 2.74 bits per heavy atom. The van der Waals surface area contributed by atoms with E-state index in [-0.39, 0.29) is 11.5 Å². The van der Waals surface area contributed by atoms with Crippen LogP contribution in [-0.4, -0.2) is 19.3 Å². The predicted molar refractivity (Wildman–Crippen MR) is 78.2 cm³/mol. The van der Waals surface area contributed by atoms with E-state index >= 15 is 0 Å². The molecule has 0 bridgehead atoms. The maximum atomic E-state index is 6.30. The van der Waals surface area contributed by atoms with Crippen molar-refractivity contribution >= 4 is 21.5 Å². The summed E-state index contributed by atoms with van der Waals surface area (Å²) in [7, 11) is 0. The van der Waals surface area contributed by atoms with Gasteiger partial charge >= 0.3 is 0 Å². The highest BCUT2D eigenvalue weighted by Crippen LogP contribution is 2.54. The van der Waals surface area contributed by atoms with Gasteiger partial charge in [-0.1, -0.05) is 35.4 Å². The highest BCUT2D eigenvalue weighted by molar-refractivity contribution is 9.10. The van der Waals surface area contributed by atoms with Crippen LogP contribution in [0.2, 0.25) is 0 Å². The van der Waals surface area contributed by atoms with E-state index in [9.17, 15) is 0 Å². The van der Waals surface area contributed by atoms with Gasteiger partial charge in [0.1, 0.15) is 11.9 Å². The van der Waals surface area contributed by atoms with E-state index in [0.29, 0.717) is 0 Å². The molecule has 1 aromatic carbocycles. The summed E-state index contributed by atoms with van der Waals surface area (Å²) in [6, 6.07) is 6.21. The summed E-state index contributed by atoms with van der Waals surface area (Å²) in [5, 5.41) is 0. The van der Waals surface area contributed by atoms with Gasteiger partial charge in [0.15, 0.2) is 0 Å². The van der Waals surface area contributed by atoms with Crippen LogP contribution >= 0.6 is 15.9 Å². The summed E-state index contributed by atoms with van der Waals surface area (Å²) in [5.74, 6) is 1.84. The Hall–Kier alpha value is -0.800. The molecule has 3 heteroatoms. The zero-order valence-electron chi connectivity index (χ0n) is 10.8. The van der Waals surface area contributed by atoms with E-state index in [1.807, 2.05) is 6.07 Å². The van der Waals surface area contributed by atoms with Crippen LogP contribution in [0.1, 0.15) is 24.8 Å². The van der Waals surface area contributed by atoms with Gasteiger partial charge < -0.3 is 9.47 Å². The minimum absolute atomic E-state index is 0.0242. The Kier molecular flexibility index (Phi) is 2.58. The molecule has 0 aromatic heterocycles. The van der Waals surface area contributed by atoms with E-state index < -0.39 is 0 Å². The zero-order chi connectivity index (χ0) is 13.0. The topological polar surface area (TPSA) is 18.5 Å². The van der Waals surface area contributed by atoms with Crippen LogP contribution in [-0.2, 0) is 4.74 Å². The van der Waals surface area contributed by atoms with Crippen molar-refractivity contribution < 1.29 is 9.47 Å². The summed E-state index contributed by atoms with van der Waals surface area (Å²) in [4.78, 5) is 0. The fraction of sp³-hybridized carbons (Fsp3) is 0.500. The third-order valence-electron chi connectivity index (χ3n) is 4.72. The van der Waals surface area contributed by atoms with Gasteiger partial charge in [-0.05, 0) is 36.1 Å². The molecule has 1 spiro atoms. The van der Waals surface area contributed by atoms with Crippen LogP contribution in [0.15, 0.2) is 29.3 Å². The van der Waals surface area contributed by atoms with Crippen molar-refractivity contribution in [1.29, 1.82) is 0 Å². The van der Waals surface area contributed by atoms with Gasteiger partial charge in [0, 0.05) is 10.0 Å². The van der Waals surface area contributed by atoms with Crippen LogP contribution in [0.25, 0.3) is 5.57 Å². The number of rotatable bonds is 2. The van der Waals surface area contributed by atoms with Gasteiger partial charge in [-0.2, -0.15) is 0 Å². The van der Waals surface area contributed by atoms with Crippen molar-refractivity contribution in [2.24, 2.45) is 11.3 Å². The minimum atomic E-state index is 0.0242. The Balaban J connectivity index is 1.74. The fourth-order valence-corrected chi connectivity index (χ4v) is 3.54. The Bertz CT molecular complexity index is 544. The molecule has 2 nitrogen and oxygen atoms in total. The van der Waals surface area contributed by atoms with Crippen LogP contribution in [0.3, 0.4) is 0 Å². The molecule has 1 atom stereocenters. The number of hydrogen-bond acceptors (Lipinski definition) is 2. The number of hydrogen-bond donors (Lipinski definition) is 0. The summed E-state index contributed by atoms with van der Waals surface area (Å²) >= 11 is 3.53. The molecule has 2 aliphatic heterocycles. The molecule has 2 fully saturated rings. The van der Waals surface area contributed by atoms with Crippen LogP contribution < -0.4 is 4.74 Å². The lowest BCUT2D eigenvalue weighted by Gasteiger charge is -2.51. The molecule has 1 aromatic rings. The molecule has 19 heavy (non-hydrogen) atoms. The molecule has 0 N–H and O–H groups in total. The molecular weight excluding hydrogens is 304 g/mol. The largest absolute Gasteiger partial charge is 0.489 e. The normalized spacial score (nSPS) is 27.6. The maximum Gasteiger partial charge on any atom is 0.127 e. The summed E-state index contributed by atoms with van der Waals surface area (Å²) in [6.45, 7) is 5.89. The van der Waals surface area contributed by atoms with Crippen molar-refractivity contribution in [3.63, 3.8) is 0 Å². The first kappa shape index (κ1) is 12.0. The lowest BCUT2D eigenvalue weighted by Crippen LogP contribution is -2.56. The van der Waals surface area contributed by atoms with E-state index in [2.05, 4.69) is 34.6 Å². The average molecular weight is 321 g/mol. The van der Waals surface area contributed by atoms with Crippen molar-refractivity contribution in [1.82, 2.24) is 0 Å². The quantitative estimate of drug-likeness (QED) is 0.818. The molecule has 4 rings (SSSR count). The second-order valence-corrected chi connectivity index (χ2v) is 6.97. The maximum absolute atomic E-state index is 6.30. The van der Waals surface area contributed by atoms with Crippen molar-refractivity contribution in [2.75, 3.05) is 13.2 Å².